The molecule has 14 heteroatoms. The molecule has 0 radical (unpaired) electrons. The van der Waals surface area contributed by atoms with Crippen LogP contribution in [0.25, 0.3) is 11.1 Å². The van der Waals surface area contributed by atoms with Crippen molar-refractivity contribution in [2.24, 2.45) is 0 Å². The fraction of sp³-hybridized carbons (Fsp3) is 0.269. The molecule has 1 heterocycles. The van der Waals surface area contributed by atoms with Crippen LogP contribution in [0.4, 0.5) is 26.3 Å². The summed E-state index contributed by atoms with van der Waals surface area (Å²) >= 11 is 5.91. The van der Waals surface area contributed by atoms with Crippen molar-refractivity contribution in [1.82, 2.24) is 14.3 Å². The van der Waals surface area contributed by atoms with E-state index in [4.69, 9.17) is 11.6 Å². The molecule has 2 atom stereocenters. The second kappa shape index (κ2) is 11.0. The number of alkyl halides is 6. The maximum Gasteiger partial charge on any atom is 0.417 e. The van der Waals surface area contributed by atoms with Gasteiger partial charge in [0.15, 0.2) is 6.10 Å². The van der Waals surface area contributed by atoms with Gasteiger partial charge in [-0.2, -0.15) is 31.4 Å². The van der Waals surface area contributed by atoms with Gasteiger partial charge in [0, 0.05) is 11.0 Å². The lowest BCUT2D eigenvalue weighted by Gasteiger charge is -2.18. The molecule has 2 aromatic carbocycles. The zero-order valence-corrected chi connectivity index (χ0v) is 21.0. The van der Waals surface area contributed by atoms with Gasteiger partial charge < -0.3 is 10.2 Å². The largest absolute Gasteiger partial charge is 0.478 e. The van der Waals surface area contributed by atoms with E-state index >= 15 is 0 Å². The number of aromatic carboxylic acids is 1. The van der Waals surface area contributed by atoms with Crippen LogP contribution in [0.2, 0.25) is 0 Å². The Morgan fingerprint density at radius 1 is 1.12 bits per heavy atom. The van der Waals surface area contributed by atoms with Crippen LogP contribution in [0.5, 0.6) is 0 Å². The van der Waals surface area contributed by atoms with E-state index in [2.05, 4.69) is 5.10 Å². The first kappa shape index (κ1) is 29.2. The van der Waals surface area contributed by atoms with E-state index in [1.807, 2.05) is 0 Å². The van der Waals surface area contributed by atoms with Crippen LogP contribution in [0.15, 0.2) is 70.5 Å². The molecule has 0 spiro atoms. The maximum absolute atomic E-state index is 13.6. The first-order valence-corrected chi connectivity index (χ1v) is 12.0. The molecular weight excluding hydrogens is 568 g/mol. The molecule has 1 aliphatic rings. The third kappa shape index (κ3) is 6.15. The Morgan fingerprint density at radius 3 is 2.42 bits per heavy atom. The van der Waals surface area contributed by atoms with Gasteiger partial charge in [0.05, 0.1) is 24.2 Å². The molecule has 0 saturated carbocycles. The van der Waals surface area contributed by atoms with Crippen molar-refractivity contribution >= 4 is 17.6 Å². The van der Waals surface area contributed by atoms with Crippen molar-refractivity contribution in [3.05, 3.63) is 98.7 Å². The van der Waals surface area contributed by atoms with Gasteiger partial charge in [-0.25, -0.2) is 14.3 Å². The number of aromatic nitrogens is 3. The predicted molar refractivity (Wildman–Crippen MR) is 132 cm³/mol. The standard InChI is InChI=1S/C26H20ClF6N3O4/c27-17-8-5-14(6-9-17)22-34-36(24(40)35(22)13-21(37)26(31,32)33)12-16-11-15(7-10-19(16)23(38)39)18-3-1-2-4-20(18)25(28,29)30/h1-5,7-11,14,21,37H,6,12-13H2,(H,38,39). The van der Waals surface area contributed by atoms with Gasteiger partial charge in [-0.3, -0.25) is 4.57 Å². The summed E-state index contributed by atoms with van der Waals surface area (Å²) in [6.45, 7) is -1.76. The highest BCUT2D eigenvalue weighted by atomic mass is 35.5. The van der Waals surface area contributed by atoms with E-state index in [1.165, 1.54) is 36.4 Å². The fourth-order valence-corrected chi connectivity index (χ4v) is 4.47. The van der Waals surface area contributed by atoms with Crippen LogP contribution < -0.4 is 5.69 Å². The first-order chi connectivity index (χ1) is 18.7. The molecule has 0 fully saturated rings. The number of hydrogen-bond donors (Lipinski definition) is 2. The van der Waals surface area contributed by atoms with Gasteiger partial charge in [0.1, 0.15) is 5.82 Å². The summed E-state index contributed by atoms with van der Waals surface area (Å²) < 4.78 is 81.6. The molecule has 7 nitrogen and oxygen atoms in total. The molecular formula is C26H20ClF6N3O4. The predicted octanol–water partition coefficient (Wildman–Crippen LogP) is 5.57. The molecule has 212 valence electrons. The van der Waals surface area contributed by atoms with Crippen LogP contribution in [0.3, 0.4) is 0 Å². The topological polar surface area (TPSA) is 97.3 Å². The van der Waals surface area contributed by atoms with Crippen molar-refractivity contribution in [3.63, 3.8) is 0 Å². The smallest absolute Gasteiger partial charge is 0.417 e. The number of carbonyl (C=O) groups is 1. The number of aliphatic hydroxyl groups excluding tert-OH is 1. The summed E-state index contributed by atoms with van der Waals surface area (Å²) in [5.41, 5.74) is -2.74. The Labute approximate surface area is 227 Å². The van der Waals surface area contributed by atoms with E-state index in [-0.39, 0.29) is 34.5 Å². The van der Waals surface area contributed by atoms with Crippen LogP contribution in [0.1, 0.15) is 39.6 Å². The molecule has 1 aliphatic carbocycles. The number of allylic oxidation sites excluding steroid dienone is 4. The minimum absolute atomic E-state index is 0.00289. The van der Waals surface area contributed by atoms with E-state index in [0.717, 1.165) is 18.2 Å². The fourth-order valence-electron chi connectivity index (χ4n) is 4.31. The highest BCUT2D eigenvalue weighted by Gasteiger charge is 2.40. The van der Waals surface area contributed by atoms with E-state index < -0.39 is 54.7 Å². The first-order valence-electron chi connectivity index (χ1n) is 11.7. The van der Waals surface area contributed by atoms with E-state index in [0.29, 0.717) is 14.3 Å². The minimum atomic E-state index is -5.04. The van der Waals surface area contributed by atoms with Crippen molar-refractivity contribution in [2.45, 2.75) is 43.9 Å². The Kier molecular flexibility index (Phi) is 7.99. The highest BCUT2D eigenvalue weighted by molar-refractivity contribution is 6.31. The average Bonchev–Trinajstić information content (AvgIpc) is 3.18. The number of hydrogen-bond acceptors (Lipinski definition) is 4. The number of carboxylic acids is 1. The zero-order valence-electron chi connectivity index (χ0n) is 20.2. The lowest BCUT2D eigenvalue weighted by molar-refractivity contribution is -0.207. The van der Waals surface area contributed by atoms with Crippen molar-refractivity contribution in [3.8, 4) is 11.1 Å². The Morgan fingerprint density at radius 2 is 1.82 bits per heavy atom. The van der Waals surface area contributed by atoms with Crippen LogP contribution in [-0.2, 0) is 19.3 Å². The molecule has 2 N–H and O–H groups in total. The number of aliphatic hydroxyl groups is 1. The SMILES string of the molecule is O=C(O)c1ccc(-c2ccccc2C(F)(F)F)cc1Cn1nc(C2C=CC(Cl)=CC2)n(CC(O)C(F)(F)F)c1=O. The second-order valence-electron chi connectivity index (χ2n) is 8.98. The Balaban J connectivity index is 1.82. The van der Waals surface area contributed by atoms with Gasteiger partial charge in [-0.15, -0.1) is 0 Å². The maximum atomic E-state index is 13.6. The Bertz CT molecular complexity index is 1550. The highest BCUT2D eigenvalue weighted by Crippen LogP contribution is 2.37. The summed E-state index contributed by atoms with van der Waals surface area (Å²) in [5.74, 6) is -2.28. The summed E-state index contributed by atoms with van der Waals surface area (Å²) in [4.78, 5) is 25.1. The number of nitrogens with zero attached hydrogens (tertiary/aromatic N) is 3. The molecule has 2 unspecified atom stereocenters. The number of rotatable bonds is 7. The van der Waals surface area contributed by atoms with Gasteiger partial charge in [0.25, 0.3) is 0 Å². The van der Waals surface area contributed by atoms with Gasteiger partial charge in [-0.05, 0) is 47.4 Å². The van der Waals surface area contributed by atoms with Crippen LogP contribution in [0, 0.1) is 0 Å². The molecule has 0 saturated heterocycles. The zero-order chi connectivity index (χ0) is 29.4. The van der Waals surface area contributed by atoms with Crippen molar-refractivity contribution < 1.29 is 41.4 Å². The summed E-state index contributed by atoms with van der Waals surface area (Å²) in [7, 11) is 0. The number of benzene rings is 2. The molecule has 0 bridgehead atoms. The number of halogens is 7. The lowest BCUT2D eigenvalue weighted by Crippen LogP contribution is -2.37. The van der Waals surface area contributed by atoms with Gasteiger partial charge in [-0.1, -0.05) is 48.0 Å². The van der Waals surface area contributed by atoms with Crippen LogP contribution >= 0.6 is 11.6 Å². The average molecular weight is 588 g/mol. The van der Waals surface area contributed by atoms with E-state index in [1.54, 1.807) is 6.08 Å². The summed E-state index contributed by atoms with van der Waals surface area (Å²) in [6.07, 6.45) is -7.93. The lowest BCUT2D eigenvalue weighted by atomic mass is 9.95. The van der Waals surface area contributed by atoms with Crippen molar-refractivity contribution in [1.29, 1.82) is 0 Å². The molecule has 0 aliphatic heterocycles. The van der Waals surface area contributed by atoms with E-state index in [9.17, 15) is 46.1 Å². The second-order valence-corrected chi connectivity index (χ2v) is 9.41. The summed E-state index contributed by atoms with van der Waals surface area (Å²) in [5, 5.41) is 23.8. The summed E-state index contributed by atoms with van der Waals surface area (Å²) in [6, 6.07) is 8.06. The number of carboxylic acid groups (broad SMARTS) is 1. The minimum Gasteiger partial charge on any atom is -0.478 e. The van der Waals surface area contributed by atoms with Crippen LogP contribution in [-0.4, -0.2) is 42.8 Å². The quantitative estimate of drug-likeness (QED) is 0.353. The third-order valence-electron chi connectivity index (χ3n) is 6.27. The van der Waals surface area contributed by atoms with Gasteiger partial charge >= 0.3 is 24.0 Å². The monoisotopic (exact) mass is 587 g/mol. The normalized spacial score (nSPS) is 16.6. The Hall–Kier alpha value is -3.84. The third-order valence-corrected chi connectivity index (χ3v) is 6.55. The van der Waals surface area contributed by atoms with Crippen molar-refractivity contribution in [2.75, 3.05) is 0 Å². The molecule has 0 amide bonds. The molecule has 40 heavy (non-hydrogen) atoms. The molecule has 4 rings (SSSR count). The molecule has 1 aromatic heterocycles. The van der Waals surface area contributed by atoms with Gasteiger partial charge in [0.2, 0.25) is 0 Å². The molecule has 3 aromatic rings.